The Balaban J connectivity index is 1.82. The van der Waals surface area contributed by atoms with Crippen molar-refractivity contribution in [1.29, 1.82) is 5.26 Å². The first-order valence-corrected chi connectivity index (χ1v) is 7.08. The summed E-state index contributed by atoms with van der Waals surface area (Å²) < 4.78 is 5.56. The highest BCUT2D eigenvalue weighted by molar-refractivity contribution is 7.99. The van der Waals surface area contributed by atoms with Crippen molar-refractivity contribution in [2.45, 2.75) is 10.2 Å². The average molecular weight is 315 g/mol. The van der Waals surface area contributed by atoms with Gasteiger partial charge in [0.2, 0.25) is 5.89 Å². The van der Waals surface area contributed by atoms with Crippen LogP contribution < -0.4 is 0 Å². The number of halogens is 1. The van der Waals surface area contributed by atoms with Crippen LogP contribution in [0, 0.1) is 11.3 Å². The van der Waals surface area contributed by atoms with Crippen molar-refractivity contribution in [1.82, 2.24) is 15.2 Å². The van der Waals surface area contributed by atoms with Gasteiger partial charge in [-0.3, -0.25) is 0 Å². The van der Waals surface area contributed by atoms with Gasteiger partial charge in [0.05, 0.1) is 0 Å². The second-order valence-electron chi connectivity index (χ2n) is 3.95. The summed E-state index contributed by atoms with van der Waals surface area (Å²) in [5.74, 6) is 0.408. The fourth-order valence-corrected chi connectivity index (χ4v) is 2.38. The summed E-state index contributed by atoms with van der Waals surface area (Å²) in [5, 5.41) is 18.4. The van der Waals surface area contributed by atoms with Crippen molar-refractivity contribution in [2.75, 3.05) is 0 Å². The molecule has 3 aromatic rings. The Bertz CT molecular complexity index is 810. The Labute approximate surface area is 129 Å². The summed E-state index contributed by atoms with van der Waals surface area (Å²) in [6.07, 6.45) is 0. The van der Waals surface area contributed by atoms with E-state index in [1.54, 1.807) is 42.5 Å². The first-order chi connectivity index (χ1) is 10.2. The van der Waals surface area contributed by atoms with E-state index in [0.29, 0.717) is 26.9 Å². The van der Waals surface area contributed by atoms with E-state index in [0.717, 1.165) is 5.56 Å². The number of aromatic nitrogens is 3. The maximum Gasteiger partial charge on any atom is 0.283 e. The highest BCUT2D eigenvalue weighted by Crippen LogP contribution is 2.28. The van der Waals surface area contributed by atoms with Gasteiger partial charge >= 0.3 is 0 Å². The Kier molecular flexibility index (Phi) is 3.86. The molecule has 3 rings (SSSR count). The fraction of sp³-hybridized carbons (Fsp3) is 0. The zero-order valence-corrected chi connectivity index (χ0v) is 12.1. The highest BCUT2D eigenvalue weighted by atomic mass is 35.5. The van der Waals surface area contributed by atoms with E-state index in [9.17, 15) is 0 Å². The van der Waals surface area contributed by atoms with Gasteiger partial charge in [0.1, 0.15) is 16.8 Å². The van der Waals surface area contributed by atoms with Gasteiger partial charge in [-0.15, -0.1) is 10.2 Å². The minimum atomic E-state index is 0.345. The van der Waals surface area contributed by atoms with Gasteiger partial charge in [0.15, 0.2) is 0 Å². The van der Waals surface area contributed by atoms with Gasteiger partial charge in [0.25, 0.3) is 5.22 Å². The molecule has 2 aromatic heterocycles. The maximum atomic E-state index is 8.82. The SMILES string of the molecule is N#Cc1cccc(Sc2nnc(-c3ccc(Cl)cc3)o2)n1. The summed E-state index contributed by atoms with van der Waals surface area (Å²) in [6, 6.07) is 14.3. The molecule has 102 valence electrons. The first kappa shape index (κ1) is 13.6. The number of hydrogen-bond acceptors (Lipinski definition) is 6. The van der Waals surface area contributed by atoms with Gasteiger partial charge < -0.3 is 4.42 Å². The third-order valence-corrected chi connectivity index (χ3v) is 3.56. The van der Waals surface area contributed by atoms with Crippen LogP contribution in [-0.2, 0) is 0 Å². The van der Waals surface area contributed by atoms with E-state index >= 15 is 0 Å². The summed E-state index contributed by atoms with van der Waals surface area (Å²) in [7, 11) is 0. The van der Waals surface area contributed by atoms with E-state index in [4.69, 9.17) is 21.3 Å². The molecule has 7 heteroatoms. The van der Waals surface area contributed by atoms with Crippen molar-refractivity contribution in [2.24, 2.45) is 0 Å². The van der Waals surface area contributed by atoms with Crippen LogP contribution in [-0.4, -0.2) is 15.2 Å². The zero-order valence-electron chi connectivity index (χ0n) is 10.5. The lowest BCUT2D eigenvalue weighted by molar-refractivity contribution is 0.465. The van der Waals surface area contributed by atoms with Crippen LogP contribution in [0.5, 0.6) is 0 Å². The number of nitrogens with zero attached hydrogens (tertiary/aromatic N) is 4. The van der Waals surface area contributed by atoms with Crippen molar-refractivity contribution in [3.05, 3.63) is 53.2 Å². The predicted octanol–water partition coefficient (Wildman–Crippen LogP) is 3.81. The summed E-state index contributed by atoms with van der Waals surface area (Å²) >= 11 is 7.04. The molecule has 0 aliphatic rings. The third-order valence-electron chi connectivity index (χ3n) is 2.53. The molecule has 2 heterocycles. The Morgan fingerprint density at radius 1 is 1.10 bits per heavy atom. The van der Waals surface area contributed by atoms with E-state index < -0.39 is 0 Å². The summed E-state index contributed by atoms with van der Waals surface area (Å²) in [4.78, 5) is 4.14. The second kappa shape index (κ2) is 5.95. The van der Waals surface area contributed by atoms with Crippen LogP contribution in [0.25, 0.3) is 11.5 Å². The minimum Gasteiger partial charge on any atom is -0.411 e. The number of benzene rings is 1. The summed E-state index contributed by atoms with van der Waals surface area (Å²) in [5.41, 5.74) is 1.13. The molecule has 0 aliphatic heterocycles. The van der Waals surface area contributed by atoms with E-state index in [2.05, 4.69) is 15.2 Å². The smallest absolute Gasteiger partial charge is 0.283 e. The molecule has 21 heavy (non-hydrogen) atoms. The van der Waals surface area contributed by atoms with Crippen molar-refractivity contribution in [3.8, 4) is 17.5 Å². The second-order valence-corrected chi connectivity index (χ2v) is 5.36. The predicted molar refractivity (Wildman–Crippen MR) is 77.8 cm³/mol. The number of hydrogen-bond donors (Lipinski definition) is 0. The molecule has 0 radical (unpaired) electrons. The van der Waals surface area contributed by atoms with Gasteiger partial charge in [-0.1, -0.05) is 17.7 Å². The number of rotatable bonds is 3. The minimum absolute atomic E-state index is 0.345. The molecule has 1 aromatic carbocycles. The molecular weight excluding hydrogens is 308 g/mol. The number of pyridine rings is 1. The quantitative estimate of drug-likeness (QED) is 0.731. The molecule has 0 bridgehead atoms. The lowest BCUT2D eigenvalue weighted by Crippen LogP contribution is -1.84. The molecule has 0 saturated heterocycles. The Morgan fingerprint density at radius 3 is 2.67 bits per heavy atom. The molecular formula is C14H7ClN4OS. The third kappa shape index (κ3) is 3.21. The van der Waals surface area contributed by atoms with E-state index in [1.807, 2.05) is 6.07 Å². The molecule has 0 fully saturated rings. The molecule has 0 atom stereocenters. The van der Waals surface area contributed by atoms with Crippen LogP contribution >= 0.6 is 23.4 Å². The van der Waals surface area contributed by atoms with Crippen LogP contribution in [0.4, 0.5) is 0 Å². The van der Waals surface area contributed by atoms with Crippen LogP contribution in [0.2, 0.25) is 5.02 Å². The Hall–Kier alpha value is -2.36. The Morgan fingerprint density at radius 2 is 1.90 bits per heavy atom. The lowest BCUT2D eigenvalue weighted by Gasteiger charge is -1.96. The monoisotopic (exact) mass is 314 g/mol. The lowest BCUT2D eigenvalue weighted by atomic mass is 10.2. The van der Waals surface area contributed by atoms with Gasteiger partial charge in [-0.25, -0.2) is 4.98 Å². The van der Waals surface area contributed by atoms with Crippen molar-refractivity contribution < 1.29 is 4.42 Å². The zero-order chi connectivity index (χ0) is 14.7. The fourth-order valence-electron chi connectivity index (χ4n) is 1.58. The standard InChI is InChI=1S/C14H7ClN4OS/c15-10-6-4-9(5-7-10)13-18-19-14(20-13)21-12-3-1-2-11(8-16)17-12/h1-7H. The summed E-state index contributed by atoms with van der Waals surface area (Å²) in [6.45, 7) is 0. The maximum absolute atomic E-state index is 8.82. The van der Waals surface area contributed by atoms with Gasteiger partial charge in [-0.05, 0) is 48.2 Å². The molecule has 5 nitrogen and oxygen atoms in total. The first-order valence-electron chi connectivity index (χ1n) is 5.89. The van der Waals surface area contributed by atoms with Crippen LogP contribution in [0.15, 0.2) is 57.1 Å². The van der Waals surface area contributed by atoms with Gasteiger partial charge in [-0.2, -0.15) is 5.26 Å². The molecule has 0 N–H and O–H groups in total. The highest BCUT2D eigenvalue weighted by Gasteiger charge is 2.10. The van der Waals surface area contributed by atoms with Gasteiger partial charge in [0, 0.05) is 10.6 Å². The molecule has 0 spiro atoms. The molecule has 0 amide bonds. The largest absolute Gasteiger partial charge is 0.411 e. The van der Waals surface area contributed by atoms with Crippen LogP contribution in [0.1, 0.15) is 5.69 Å². The molecule has 0 aliphatic carbocycles. The van der Waals surface area contributed by atoms with Crippen molar-refractivity contribution >= 4 is 23.4 Å². The average Bonchev–Trinajstić information content (AvgIpc) is 2.96. The van der Waals surface area contributed by atoms with E-state index in [-0.39, 0.29) is 0 Å². The topological polar surface area (TPSA) is 75.6 Å². The van der Waals surface area contributed by atoms with Crippen LogP contribution in [0.3, 0.4) is 0 Å². The number of nitriles is 1. The molecule has 0 saturated carbocycles. The molecule has 0 unspecified atom stereocenters. The van der Waals surface area contributed by atoms with Crippen molar-refractivity contribution in [3.63, 3.8) is 0 Å². The normalized spacial score (nSPS) is 10.3. The van der Waals surface area contributed by atoms with E-state index in [1.165, 1.54) is 11.8 Å².